The van der Waals surface area contributed by atoms with Gasteiger partial charge in [-0.3, -0.25) is 4.79 Å². The Bertz CT molecular complexity index is 366. The highest BCUT2D eigenvalue weighted by molar-refractivity contribution is 5.76. The molecule has 0 aliphatic carbocycles. The number of nitrogens with zero attached hydrogens (tertiary/aromatic N) is 1. The van der Waals surface area contributed by atoms with E-state index < -0.39 is 12.0 Å². The average Bonchev–Trinajstić information content (AvgIpc) is 2.25. The van der Waals surface area contributed by atoms with E-state index in [1.54, 1.807) is 0 Å². The first-order valence-electron chi connectivity index (χ1n) is 6.90. The lowest BCUT2D eigenvalue weighted by Crippen LogP contribution is -2.47. The molecule has 2 N–H and O–H groups in total. The molecule has 2 amide bonds. The number of carboxylic acids is 1. The average molecular weight is 282 g/mol. The molecular formula is C15H26N2O3. The summed E-state index contributed by atoms with van der Waals surface area (Å²) in [7, 11) is 0. The molecule has 0 saturated carbocycles. The molecule has 0 aromatic carbocycles. The van der Waals surface area contributed by atoms with Crippen LogP contribution in [0.15, 0.2) is 0 Å². The molecule has 0 fully saturated rings. The van der Waals surface area contributed by atoms with E-state index in [0.717, 1.165) is 6.42 Å². The van der Waals surface area contributed by atoms with Gasteiger partial charge in [-0.25, -0.2) is 4.79 Å². The molecule has 0 saturated heterocycles. The van der Waals surface area contributed by atoms with E-state index in [-0.39, 0.29) is 24.4 Å². The van der Waals surface area contributed by atoms with Gasteiger partial charge in [0.25, 0.3) is 0 Å². The molecule has 0 radical (unpaired) electrons. The summed E-state index contributed by atoms with van der Waals surface area (Å²) in [6, 6.07) is -0.683. The number of terminal acetylenes is 1. The molecule has 0 aliphatic heterocycles. The lowest BCUT2D eigenvalue weighted by Gasteiger charge is -2.28. The molecule has 5 heteroatoms. The van der Waals surface area contributed by atoms with Gasteiger partial charge in [-0.15, -0.1) is 6.42 Å². The fourth-order valence-corrected chi connectivity index (χ4v) is 2.02. The monoisotopic (exact) mass is 282 g/mol. The van der Waals surface area contributed by atoms with Crippen molar-refractivity contribution in [3.05, 3.63) is 0 Å². The van der Waals surface area contributed by atoms with E-state index in [2.05, 4.69) is 11.2 Å². The standard InChI is InChI=1S/C15H26N2O3/c1-6-8-17(9-7-2)14(20)16-12(10-13(18)19)11-15(3,4)5/h1,12H,7-11H2,2-5H3,(H,16,20)(H,18,19). The summed E-state index contributed by atoms with van der Waals surface area (Å²) in [5.74, 6) is 1.53. The Balaban J connectivity index is 4.73. The second kappa shape index (κ2) is 8.47. The summed E-state index contributed by atoms with van der Waals surface area (Å²) in [5, 5.41) is 11.7. The molecule has 0 aromatic rings. The van der Waals surface area contributed by atoms with Gasteiger partial charge in [0.15, 0.2) is 0 Å². The van der Waals surface area contributed by atoms with Gasteiger partial charge in [-0.2, -0.15) is 0 Å². The van der Waals surface area contributed by atoms with E-state index in [1.807, 2.05) is 27.7 Å². The van der Waals surface area contributed by atoms with E-state index in [0.29, 0.717) is 13.0 Å². The predicted molar refractivity (Wildman–Crippen MR) is 79.3 cm³/mol. The van der Waals surface area contributed by atoms with Gasteiger partial charge >= 0.3 is 12.0 Å². The van der Waals surface area contributed by atoms with Crippen LogP contribution < -0.4 is 5.32 Å². The Kier molecular flexibility index (Phi) is 7.75. The molecule has 0 spiro atoms. The van der Waals surface area contributed by atoms with Crippen molar-refractivity contribution in [2.24, 2.45) is 5.41 Å². The quantitative estimate of drug-likeness (QED) is 0.704. The Morgan fingerprint density at radius 2 is 2.00 bits per heavy atom. The van der Waals surface area contributed by atoms with Crippen LogP contribution in [-0.2, 0) is 4.79 Å². The molecule has 20 heavy (non-hydrogen) atoms. The molecule has 114 valence electrons. The van der Waals surface area contributed by atoms with Crippen molar-refractivity contribution in [1.29, 1.82) is 0 Å². The highest BCUT2D eigenvalue weighted by Crippen LogP contribution is 2.22. The molecule has 0 heterocycles. The van der Waals surface area contributed by atoms with Gasteiger partial charge in [-0.05, 0) is 18.3 Å². The molecule has 1 atom stereocenters. The van der Waals surface area contributed by atoms with E-state index >= 15 is 0 Å². The zero-order chi connectivity index (χ0) is 15.8. The van der Waals surface area contributed by atoms with Gasteiger partial charge in [0.05, 0.1) is 13.0 Å². The molecular weight excluding hydrogens is 256 g/mol. The van der Waals surface area contributed by atoms with Gasteiger partial charge in [0.2, 0.25) is 0 Å². The van der Waals surface area contributed by atoms with Crippen molar-refractivity contribution in [2.75, 3.05) is 13.1 Å². The molecule has 5 nitrogen and oxygen atoms in total. The van der Waals surface area contributed by atoms with Crippen LogP contribution in [0.4, 0.5) is 4.79 Å². The third-order valence-electron chi connectivity index (χ3n) is 2.67. The molecule has 1 unspecified atom stereocenters. The van der Waals surface area contributed by atoms with Crippen LogP contribution in [0, 0.1) is 17.8 Å². The van der Waals surface area contributed by atoms with Crippen molar-refractivity contribution >= 4 is 12.0 Å². The van der Waals surface area contributed by atoms with Gasteiger partial charge in [-0.1, -0.05) is 33.6 Å². The maximum absolute atomic E-state index is 12.1. The van der Waals surface area contributed by atoms with Crippen molar-refractivity contribution in [2.45, 2.75) is 53.0 Å². The summed E-state index contributed by atoms with van der Waals surface area (Å²) < 4.78 is 0. The minimum Gasteiger partial charge on any atom is -0.481 e. The Hall–Kier alpha value is -1.70. The van der Waals surface area contributed by atoms with Crippen LogP contribution in [0.3, 0.4) is 0 Å². The Morgan fingerprint density at radius 3 is 2.40 bits per heavy atom. The fourth-order valence-electron chi connectivity index (χ4n) is 2.02. The lowest BCUT2D eigenvalue weighted by molar-refractivity contribution is -0.137. The summed E-state index contributed by atoms with van der Waals surface area (Å²) >= 11 is 0. The van der Waals surface area contributed by atoms with E-state index in [1.165, 1.54) is 4.90 Å². The second-order valence-corrected chi connectivity index (χ2v) is 6.13. The largest absolute Gasteiger partial charge is 0.481 e. The number of carbonyl (C=O) groups excluding carboxylic acids is 1. The highest BCUT2D eigenvalue weighted by atomic mass is 16.4. The number of nitrogens with one attached hydrogen (secondary N) is 1. The van der Waals surface area contributed by atoms with Gasteiger partial charge in [0.1, 0.15) is 0 Å². The summed E-state index contributed by atoms with van der Waals surface area (Å²) in [6.07, 6.45) is 6.56. The van der Waals surface area contributed by atoms with Crippen molar-refractivity contribution in [3.63, 3.8) is 0 Å². The smallest absolute Gasteiger partial charge is 0.318 e. The van der Waals surface area contributed by atoms with Crippen LogP contribution in [0.1, 0.15) is 47.0 Å². The van der Waals surface area contributed by atoms with Crippen LogP contribution in [0.2, 0.25) is 0 Å². The number of urea groups is 1. The first-order chi connectivity index (χ1) is 9.19. The fraction of sp³-hybridized carbons (Fsp3) is 0.733. The molecule has 0 aromatic heterocycles. The van der Waals surface area contributed by atoms with Gasteiger partial charge < -0.3 is 15.3 Å². The maximum atomic E-state index is 12.1. The van der Waals surface area contributed by atoms with Crippen LogP contribution >= 0.6 is 0 Å². The Labute approximate surface area is 121 Å². The Morgan fingerprint density at radius 1 is 1.40 bits per heavy atom. The zero-order valence-corrected chi connectivity index (χ0v) is 12.9. The molecule has 0 rings (SSSR count). The van der Waals surface area contributed by atoms with Crippen molar-refractivity contribution < 1.29 is 14.7 Å². The van der Waals surface area contributed by atoms with Crippen molar-refractivity contribution in [1.82, 2.24) is 10.2 Å². The molecule has 0 aliphatic rings. The number of amides is 2. The molecule has 0 bridgehead atoms. The number of hydrogen-bond acceptors (Lipinski definition) is 2. The number of rotatable bonds is 7. The number of carbonyl (C=O) groups is 2. The summed E-state index contributed by atoms with van der Waals surface area (Å²) in [6.45, 7) is 8.79. The summed E-state index contributed by atoms with van der Waals surface area (Å²) in [4.78, 5) is 24.6. The first kappa shape index (κ1) is 18.3. The summed E-state index contributed by atoms with van der Waals surface area (Å²) in [5.41, 5.74) is -0.0604. The SMILES string of the molecule is C#CCN(CCC)C(=O)NC(CC(=O)O)CC(C)(C)C. The first-order valence-corrected chi connectivity index (χ1v) is 6.90. The third kappa shape index (κ3) is 8.41. The zero-order valence-electron chi connectivity index (χ0n) is 12.9. The van der Waals surface area contributed by atoms with Crippen LogP contribution in [-0.4, -0.2) is 41.1 Å². The predicted octanol–water partition coefficient (Wildman–Crippen LogP) is 2.32. The number of aliphatic carboxylic acids is 1. The van der Waals surface area contributed by atoms with Crippen LogP contribution in [0.5, 0.6) is 0 Å². The van der Waals surface area contributed by atoms with E-state index in [4.69, 9.17) is 11.5 Å². The minimum atomic E-state index is -0.918. The maximum Gasteiger partial charge on any atom is 0.318 e. The number of hydrogen-bond donors (Lipinski definition) is 2. The second-order valence-electron chi connectivity index (χ2n) is 6.13. The minimum absolute atomic E-state index is 0.0604. The number of carboxylic acid groups (broad SMARTS) is 1. The lowest BCUT2D eigenvalue weighted by atomic mass is 9.87. The topological polar surface area (TPSA) is 69.6 Å². The highest BCUT2D eigenvalue weighted by Gasteiger charge is 2.24. The van der Waals surface area contributed by atoms with Crippen molar-refractivity contribution in [3.8, 4) is 12.3 Å². The van der Waals surface area contributed by atoms with E-state index in [9.17, 15) is 9.59 Å². The van der Waals surface area contributed by atoms with Crippen LogP contribution in [0.25, 0.3) is 0 Å². The third-order valence-corrected chi connectivity index (χ3v) is 2.67. The van der Waals surface area contributed by atoms with Gasteiger partial charge in [0, 0.05) is 12.6 Å². The normalized spacial score (nSPS) is 12.3.